The molecular weight excluding hydrogens is 208 g/mol. The van der Waals surface area contributed by atoms with Crippen LogP contribution in [0.4, 0.5) is 0 Å². The van der Waals surface area contributed by atoms with E-state index in [1.807, 2.05) is 23.3 Å². The molecule has 15 heavy (non-hydrogen) atoms. The number of amides is 1. The Morgan fingerprint density at radius 1 is 1.53 bits per heavy atom. The quantitative estimate of drug-likeness (QED) is 0.788. The van der Waals surface area contributed by atoms with Gasteiger partial charge in [-0.1, -0.05) is 0 Å². The normalized spacial score (nSPS) is 18.1. The van der Waals surface area contributed by atoms with Crippen LogP contribution in [0.15, 0.2) is 11.4 Å². The van der Waals surface area contributed by atoms with Crippen molar-refractivity contribution in [3.8, 4) is 0 Å². The van der Waals surface area contributed by atoms with E-state index in [1.165, 1.54) is 11.3 Å². The van der Waals surface area contributed by atoms with E-state index in [2.05, 4.69) is 0 Å². The number of carbonyl (C=O) groups is 1. The van der Waals surface area contributed by atoms with Gasteiger partial charge in [0.1, 0.15) is 0 Å². The molecule has 0 aromatic carbocycles. The summed E-state index contributed by atoms with van der Waals surface area (Å²) >= 11 is 1.53. The zero-order chi connectivity index (χ0) is 10.8. The zero-order valence-electron chi connectivity index (χ0n) is 8.90. The number of hydrogen-bond donors (Lipinski definition) is 1. The van der Waals surface area contributed by atoms with Crippen LogP contribution in [0, 0.1) is 6.92 Å². The van der Waals surface area contributed by atoms with Crippen LogP contribution in [0.3, 0.4) is 0 Å². The Morgan fingerprint density at radius 2 is 2.20 bits per heavy atom. The summed E-state index contributed by atoms with van der Waals surface area (Å²) in [4.78, 5) is 14.9. The summed E-state index contributed by atoms with van der Waals surface area (Å²) in [5.74, 6) is 0.175. The molecule has 1 saturated heterocycles. The number of thiophene rings is 1. The Balaban J connectivity index is 2.06. The van der Waals surface area contributed by atoms with E-state index < -0.39 is 0 Å². The average Bonchev–Trinajstić information content (AvgIpc) is 2.65. The number of nitrogens with two attached hydrogens (primary N) is 1. The Hall–Kier alpha value is -0.870. The predicted octanol–water partition coefficient (Wildman–Crippen LogP) is 1.62. The van der Waals surface area contributed by atoms with Crippen molar-refractivity contribution in [1.29, 1.82) is 0 Å². The van der Waals surface area contributed by atoms with Gasteiger partial charge in [0.15, 0.2) is 0 Å². The Bertz CT molecular complexity index is 353. The highest BCUT2D eigenvalue weighted by atomic mass is 32.1. The van der Waals surface area contributed by atoms with Crippen molar-refractivity contribution in [1.82, 2.24) is 4.90 Å². The van der Waals surface area contributed by atoms with Crippen LogP contribution in [0.25, 0.3) is 0 Å². The lowest BCUT2D eigenvalue weighted by atomic mass is 10.1. The Kier molecular flexibility index (Phi) is 3.07. The zero-order valence-corrected chi connectivity index (χ0v) is 9.72. The summed E-state index contributed by atoms with van der Waals surface area (Å²) < 4.78 is 0. The second-order valence-corrected chi connectivity index (χ2v) is 4.98. The molecule has 1 fully saturated rings. The number of likely N-dealkylation sites (tertiary alicyclic amines) is 1. The fraction of sp³-hybridized carbons (Fsp3) is 0.545. The summed E-state index contributed by atoms with van der Waals surface area (Å²) in [6.45, 7) is 3.59. The van der Waals surface area contributed by atoms with Gasteiger partial charge >= 0.3 is 0 Å². The molecule has 0 bridgehead atoms. The van der Waals surface area contributed by atoms with Crippen molar-refractivity contribution >= 4 is 17.2 Å². The van der Waals surface area contributed by atoms with Gasteiger partial charge in [-0.3, -0.25) is 4.79 Å². The highest BCUT2D eigenvalue weighted by Gasteiger charge is 2.23. The summed E-state index contributed by atoms with van der Waals surface area (Å²) in [7, 11) is 0. The average molecular weight is 224 g/mol. The molecule has 1 amide bonds. The molecule has 2 heterocycles. The fourth-order valence-corrected chi connectivity index (χ4v) is 2.73. The van der Waals surface area contributed by atoms with Gasteiger partial charge in [-0.05, 0) is 36.8 Å². The number of hydrogen-bond acceptors (Lipinski definition) is 3. The third-order valence-corrected chi connectivity index (χ3v) is 3.89. The lowest BCUT2D eigenvalue weighted by molar-refractivity contribution is 0.0719. The van der Waals surface area contributed by atoms with Gasteiger partial charge in [0, 0.05) is 19.1 Å². The molecule has 3 nitrogen and oxygen atoms in total. The first-order chi connectivity index (χ1) is 7.18. The Morgan fingerprint density at radius 3 is 2.73 bits per heavy atom. The molecule has 1 aliphatic rings. The maximum Gasteiger partial charge on any atom is 0.264 e. The highest BCUT2D eigenvalue weighted by Crippen LogP contribution is 2.20. The monoisotopic (exact) mass is 224 g/mol. The molecular formula is C11H16N2OS. The molecule has 1 aromatic heterocycles. The van der Waals surface area contributed by atoms with Crippen molar-refractivity contribution < 1.29 is 4.79 Å². The molecule has 0 spiro atoms. The number of carbonyl (C=O) groups excluding carboxylic acids is 1. The SMILES string of the molecule is Cc1ccsc1C(=O)N1CCC(N)CC1. The highest BCUT2D eigenvalue weighted by molar-refractivity contribution is 7.12. The van der Waals surface area contributed by atoms with Crippen molar-refractivity contribution in [2.75, 3.05) is 13.1 Å². The van der Waals surface area contributed by atoms with Crippen LogP contribution in [0.5, 0.6) is 0 Å². The topological polar surface area (TPSA) is 46.3 Å². The second kappa shape index (κ2) is 4.33. The van der Waals surface area contributed by atoms with E-state index in [1.54, 1.807) is 0 Å². The molecule has 1 aromatic rings. The molecule has 4 heteroatoms. The first kappa shape index (κ1) is 10.6. The van der Waals surface area contributed by atoms with E-state index in [4.69, 9.17) is 5.73 Å². The summed E-state index contributed by atoms with van der Waals surface area (Å²) in [6.07, 6.45) is 1.85. The minimum absolute atomic E-state index is 0.175. The van der Waals surface area contributed by atoms with Crippen molar-refractivity contribution in [2.24, 2.45) is 5.73 Å². The van der Waals surface area contributed by atoms with Crippen molar-refractivity contribution in [3.05, 3.63) is 21.9 Å². The van der Waals surface area contributed by atoms with E-state index in [0.717, 1.165) is 36.4 Å². The van der Waals surface area contributed by atoms with Crippen LogP contribution in [0.2, 0.25) is 0 Å². The largest absolute Gasteiger partial charge is 0.338 e. The van der Waals surface area contributed by atoms with Crippen LogP contribution >= 0.6 is 11.3 Å². The fourth-order valence-electron chi connectivity index (χ4n) is 1.84. The third-order valence-electron chi connectivity index (χ3n) is 2.88. The number of rotatable bonds is 1. The van der Waals surface area contributed by atoms with Gasteiger partial charge in [-0.25, -0.2) is 0 Å². The lowest BCUT2D eigenvalue weighted by Gasteiger charge is -2.30. The molecule has 0 saturated carbocycles. The third kappa shape index (κ3) is 2.21. The molecule has 2 rings (SSSR count). The van der Waals surface area contributed by atoms with Crippen molar-refractivity contribution in [3.63, 3.8) is 0 Å². The van der Waals surface area contributed by atoms with Gasteiger partial charge < -0.3 is 10.6 Å². The van der Waals surface area contributed by atoms with E-state index in [0.29, 0.717) is 0 Å². The number of piperidine rings is 1. The molecule has 2 N–H and O–H groups in total. The number of nitrogens with zero attached hydrogens (tertiary/aromatic N) is 1. The smallest absolute Gasteiger partial charge is 0.264 e. The van der Waals surface area contributed by atoms with Gasteiger partial charge in [-0.2, -0.15) is 0 Å². The summed E-state index contributed by atoms with van der Waals surface area (Å²) in [6, 6.07) is 2.27. The minimum atomic E-state index is 0.175. The summed E-state index contributed by atoms with van der Waals surface area (Å²) in [5, 5.41) is 1.97. The van der Waals surface area contributed by atoms with Gasteiger partial charge in [0.25, 0.3) is 5.91 Å². The van der Waals surface area contributed by atoms with E-state index in [-0.39, 0.29) is 11.9 Å². The maximum absolute atomic E-state index is 12.1. The first-order valence-electron chi connectivity index (χ1n) is 5.27. The number of aryl methyl sites for hydroxylation is 1. The first-order valence-corrected chi connectivity index (χ1v) is 6.15. The van der Waals surface area contributed by atoms with E-state index in [9.17, 15) is 4.79 Å². The predicted molar refractivity (Wildman–Crippen MR) is 62.2 cm³/mol. The molecule has 0 unspecified atom stereocenters. The van der Waals surface area contributed by atoms with Crippen LogP contribution < -0.4 is 5.73 Å². The minimum Gasteiger partial charge on any atom is -0.338 e. The van der Waals surface area contributed by atoms with Crippen LogP contribution in [-0.2, 0) is 0 Å². The van der Waals surface area contributed by atoms with Gasteiger partial charge in [-0.15, -0.1) is 11.3 Å². The standard InChI is InChI=1S/C11H16N2OS/c1-8-4-7-15-10(8)11(14)13-5-2-9(12)3-6-13/h4,7,9H,2-3,5-6,12H2,1H3. The van der Waals surface area contributed by atoms with Crippen LogP contribution in [-0.4, -0.2) is 29.9 Å². The second-order valence-electron chi connectivity index (χ2n) is 4.06. The lowest BCUT2D eigenvalue weighted by Crippen LogP contribution is -2.42. The van der Waals surface area contributed by atoms with Crippen molar-refractivity contribution in [2.45, 2.75) is 25.8 Å². The van der Waals surface area contributed by atoms with Gasteiger partial charge in [0.05, 0.1) is 4.88 Å². The van der Waals surface area contributed by atoms with E-state index >= 15 is 0 Å². The molecule has 82 valence electrons. The van der Waals surface area contributed by atoms with Gasteiger partial charge in [0.2, 0.25) is 0 Å². The van der Waals surface area contributed by atoms with Crippen LogP contribution in [0.1, 0.15) is 28.1 Å². The molecule has 0 radical (unpaired) electrons. The molecule has 0 atom stereocenters. The Labute approximate surface area is 93.9 Å². The molecule has 1 aliphatic heterocycles. The summed E-state index contributed by atoms with van der Waals surface area (Å²) in [5.41, 5.74) is 6.89. The maximum atomic E-state index is 12.1. The molecule has 0 aliphatic carbocycles.